The molecular formula is C21H19ClN2O4. The Labute approximate surface area is 167 Å². The van der Waals surface area contributed by atoms with E-state index < -0.39 is 11.9 Å². The number of nitrogens with one attached hydrogen (secondary N) is 2. The van der Waals surface area contributed by atoms with Gasteiger partial charge in [0.1, 0.15) is 5.76 Å². The van der Waals surface area contributed by atoms with Crippen LogP contribution in [0.15, 0.2) is 71.3 Å². The first kappa shape index (κ1) is 19.5. The molecule has 1 aromatic heterocycles. The Morgan fingerprint density at radius 3 is 2.54 bits per heavy atom. The van der Waals surface area contributed by atoms with Crippen LogP contribution in [-0.2, 0) is 22.6 Å². The highest BCUT2D eigenvalue weighted by molar-refractivity contribution is 6.31. The second-order valence-corrected chi connectivity index (χ2v) is 6.33. The molecule has 3 aromatic rings. The molecule has 3 rings (SSSR count). The third kappa shape index (κ3) is 5.37. The number of furan rings is 1. The Bertz CT molecular complexity index is 941. The summed E-state index contributed by atoms with van der Waals surface area (Å²) < 4.78 is 10.4. The first-order valence-corrected chi connectivity index (χ1v) is 9.04. The van der Waals surface area contributed by atoms with Gasteiger partial charge in [-0.05, 0) is 35.9 Å². The third-order valence-electron chi connectivity index (χ3n) is 3.95. The predicted octanol–water partition coefficient (Wildman–Crippen LogP) is 4.02. The fraction of sp³-hybridized carbons (Fsp3) is 0.143. The van der Waals surface area contributed by atoms with Crippen LogP contribution in [0.2, 0.25) is 5.02 Å². The summed E-state index contributed by atoms with van der Waals surface area (Å²) in [5.41, 5.74) is 1.73. The number of para-hydroxylation sites is 1. The maximum atomic E-state index is 12.4. The molecule has 0 saturated heterocycles. The highest BCUT2D eigenvalue weighted by Gasteiger charge is 2.14. The molecule has 0 radical (unpaired) electrons. The minimum atomic E-state index is -0.588. The zero-order valence-electron chi connectivity index (χ0n) is 15.0. The van der Waals surface area contributed by atoms with Gasteiger partial charge < -0.3 is 19.8 Å². The van der Waals surface area contributed by atoms with Crippen molar-refractivity contribution in [1.29, 1.82) is 0 Å². The molecule has 0 unspecified atom stereocenters. The van der Waals surface area contributed by atoms with Crippen molar-refractivity contribution >= 4 is 29.2 Å². The monoisotopic (exact) mass is 398 g/mol. The Hall–Kier alpha value is -3.25. The molecule has 2 aromatic carbocycles. The largest absolute Gasteiger partial charge is 0.467 e. The minimum absolute atomic E-state index is 0.261. The average Bonchev–Trinajstić information content (AvgIpc) is 3.24. The van der Waals surface area contributed by atoms with Crippen LogP contribution in [0.1, 0.15) is 21.7 Å². The van der Waals surface area contributed by atoms with Crippen molar-refractivity contribution < 1.29 is 18.7 Å². The fourth-order valence-corrected chi connectivity index (χ4v) is 2.71. The van der Waals surface area contributed by atoms with Crippen molar-refractivity contribution in [3.05, 3.63) is 88.8 Å². The van der Waals surface area contributed by atoms with Crippen molar-refractivity contribution in [3.8, 4) is 0 Å². The van der Waals surface area contributed by atoms with Gasteiger partial charge in [-0.15, -0.1) is 0 Å². The number of benzene rings is 2. The Balaban J connectivity index is 1.51. The Kier molecular flexibility index (Phi) is 6.70. The molecule has 6 nitrogen and oxygen atoms in total. The van der Waals surface area contributed by atoms with E-state index in [0.29, 0.717) is 22.8 Å². The summed E-state index contributed by atoms with van der Waals surface area (Å²) in [5.74, 6) is -0.258. The van der Waals surface area contributed by atoms with Gasteiger partial charge in [0, 0.05) is 17.3 Å². The molecule has 144 valence electrons. The Morgan fingerprint density at radius 1 is 0.964 bits per heavy atom. The quantitative estimate of drug-likeness (QED) is 0.560. The maximum Gasteiger partial charge on any atom is 0.340 e. The van der Waals surface area contributed by atoms with E-state index in [-0.39, 0.29) is 13.2 Å². The van der Waals surface area contributed by atoms with E-state index in [2.05, 4.69) is 10.6 Å². The number of carbonyl (C=O) groups is 2. The number of hydrogen-bond acceptors (Lipinski definition) is 5. The molecule has 0 aliphatic heterocycles. The van der Waals surface area contributed by atoms with E-state index in [9.17, 15) is 9.59 Å². The fourth-order valence-electron chi connectivity index (χ4n) is 2.51. The summed E-state index contributed by atoms with van der Waals surface area (Å²) in [6.45, 7) is 0.308. The standard InChI is InChI=1S/C21H19ClN2O4/c22-18-9-3-1-6-15(18)12-24-20(25)14-28-21(26)17-8-2-4-10-19(17)23-13-16-7-5-11-27-16/h1-11,23H,12-14H2,(H,24,25). The number of hydrogen-bond donors (Lipinski definition) is 2. The molecule has 28 heavy (non-hydrogen) atoms. The van der Waals surface area contributed by atoms with Crippen molar-refractivity contribution in [1.82, 2.24) is 5.32 Å². The van der Waals surface area contributed by atoms with E-state index in [0.717, 1.165) is 11.3 Å². The number of amides is 1. The highest BCUT2D eigenvalue weighted by atomic mass is 35.5. The van der Waals surface area contributed by atoms with Gasteiger partial charge in [-0.2, -0.15) is 0 Å². The topological polar surface area (TPSA) is 80.6 Å². The lowest BCUT2D eigenvalue weighted by Crippen LogP contribution is -2.28. The molecule has 0 bridgehead atoms. The van der Waals surface area contributed by atoms with Gasteiger partial charge in [-0.3, -0.25) is 4.79 Å². The number of esters is 1. The number of rotatable bonds is 8. The van der Waals surface area contributed by atoms with E-state index >= 15 is 0 Å². The first-order chi connectivity index (χ1) is 13.6. The van der Waals surface area contributed by atoms with E-state index in [1.807, 2.05) is 24.3 Å². The lowest BCUT2D eigenvalue weighted by molar-refractivity contribution is -0.124. The second kappa shape index (κ2) is 9.62. The number of anilines is 1. The van der Waals surface area contributed by atoms with Crippen molar-refractivity contribution in [2.45, 2.75) is 13.1 Å². The van der Waals surface area contributed by atoms with Crippen LogP contribution >= 0.6 is 11.6 Å². The smallest absolute Gasteiger partial charge is 0.340 e. The van der Waals surface area contributed by atoms with Gasteiger partial charge in [0.2, 0.25) is 0 Å². The van der Waals surface area contributed by atoms with Crippen LogP contribution in [0.4, 0.5) is 5.69 Å². The van der Waals surface area contributed by atoms with Crippen molar-refractivity contribution in [2.24, 2.45) is 0 Å². The molecule has 0 aliphatic rings. The summed E-state index contributed by atoms with van der Waals surface area (Å²) in [7, 11) is 0. The van der Waals surface area contributed by atoms with E-state index in [1.54, 1.807) is 42.7 Å². The lowest BCUT2D eigenvalue weighted by atomic mass is 10.2. The van der Waals surface area contributed by atoms with Crippen LogP contribution in [0.5, 0.6) is 0 Å². The molecule has 0 saturated carbocycles. The maximum absolute atomic E-state index is 12.4. The van der Waals surface area contributed by atoms with Crippen LogP contribution in [0.3, 0.4) is 0 Å². The van der Waals surface area contributed by atoms with Gasteiger partial charge in [-0.25, -0.2) is 4.79 Å². The Morgan fingerprint density at radius 2 is 1.75 bits per heavy atom. The summed E-state index contributed by atoms with van der Waals surface area (Å²) in [5, 5.41) is 6.37. The zero-order valence-corrected chi connectivity index (χ0v) is 15.7. The molecule has 1 amide bonds. The molecule has 0 aliphatic carbocycles. The highest BCUT2D eigenvalue weighted by Crippen LogP contribution is 2.18. The SMILES string of the molecule is O=C(COC(=O)c1ccccc1NCc1ccco1)NCc1ccccc1Cl. The summed E-state index contributed by atoms with van der Waals surface area (Å²) >= 11 is 6.05. The molecule has 2 N–H and O–H groups in total. The van der Waals surface area contributed by atoms with Gasteiger partial charge in [-0.1, -0.05) is 41.9 Å². The van der Waals surface area contributed by atoms with Gasteiger partial charge in [0.05, 0.1) is 18.4 Å². The molecule has 1 heterocycles. The predicted molar refractivity (Wildman–Crippen MR) is 106 cm³/mol. The molecule has 0 atom stereocenters. The minimum Gasteiger partial charge on any atom is -0.467 e. The molecule has 0 spiro atoms. The van der Waals surface area contributed by atoms with E-state index in [1.165, 1.54) is 0 Å². The molecular weight excluding hydrogens is 380 g/mol. The van der Waals surface area contributed by atoms with Crippen LogP contribution < -0.4 is 10.6 Å². The normalized spacial score (nSPS) is 10.3. The summed E-state index contributed by atoms with van der Waals surface area (Å²) in [4.78, 5) is 24.3. The van der Waals surface area contributed by atoms with Crippen LogP contribution in [0, 0.1) is 0 Å². The first-order valence-electron chi connectivity index (χ1n) is 8.66. The second-order valence-electron chi connectivity index (χ2n) is 5.92. The molecule has 0 fully saturated rings. The number of halogens is 1. The zero-order chi connectivity index (χ0) is 19.8. The number of carbonyl (C=O) groups excluding carboxylic acids is 2. The van der Waals surface area contributed by atoms with Gasteiger partial charge in [0.25, 0.3) is 5.91 Å². The summed E-state index contributed by atoms with van der Waals surface area (Å²) in [6, 6.07) is 17.8. The van der Waals surface area contributed by atoms with Crippen LogP contribution in [-0.4, -0.2) is 18.5 Å². The van der Waals surface area contributed by atoms with Crippen molar-refractivity contribution in [3.63, 3.8) is 0 Å². The molecule has 7 heteroatoms. The van der Waals surface area contributed by atoms with Gasteiger partial charge in [0.15, 0.2) is 6.61 Å². The van der Waals surface area contributed by atoms with Crippen molar-refractivity contribution in [2.75, 3.05) is 11.9 Å². The third-order valence-corrected chi connectivity index (χ3v) is 4.32. The van der Waals surface area contributed by atoms with E-state index in [4.69, 9.17) is 20.8 Å². The van der Waals surface area contributed by atoms with Gasteiger partial charge >= 0.3 is 5.97 Å². The number of ether oxygens (including phenoxy) is 1. The average molecular weight is 399 g/mol. The van der Waals surface area contributed by atoms with Crippen LogP contribution in [0.25, 0.3) is 0 Å². The summed E-state index contributed by atoms with van der Waals surface area (Å²) in [6.07, 6.45) is 1.58. The lowest BCUT2D eigenvalue weighted by Gasteiger charge is -2.11.